The zero-order chi connectivity index (χ0) is 24.8. The first-order valence-electron chi connectivity index (χ1n) is 11.2. The summed E-state index contributed by atoms with van der Waals surface area (Å²) in [7, 11) is 7.98. The molecule has 2 heterocycles. The van der Waals surface area contributed by atoms with Crippen molar-refractivity contribution in [2.75, 3.05) is 53.6 Å². The van der Waals surface area contributed by atoms with E-state index in [1.807, 2.05) is 57.4 Å². The predicted molar refractivity (Wildman–Crippen MR) is 134 cm³/mol. The lowest BCUT2D eigenvalue weighted by molar-refractivity contribution is -0.404. The summed E-state index contributed by atoms with van der Waals surface area (Å²) in [5, 5.41) is 17.1. The Morgan fingerprint density at radius 2 is 1.59 bits per heavy atom. The number of nitrogens with zero attached hydrogens (tertiary/aromatic N) is 3. The molecule has 11 heteroatoms. The maximum absolute atomic E-state index is 10.9. The molecule has 0 saturated heterocycles. The van der Waals surface area contributed by atoms with E-state index < -0.39 is 4.92 Å². The summed E-state index contributed by atoms with van der Waals surface area (Å²) in [6.07, 6.45) is 1.67. The molecule has 0 radical (unpaired) electrons. The molecule has 0 fully saturated rings. The van der Waals surface area contributed by atoms with Gasteiger partial charge in [0.1, 0.15) is 29.6 Å². The van der Waals surface area contributed by atoms with E-state index in [0.29, 0.717) is 38.5 Å². The molecule has 34 heavy (non-hydrogen) atoms. The highest BCUT2D eigenvalue weighted by Gasteiger charge is 2.06. The van der Waals surface area contributed by atoms with Gasteiger partial charge >= 0.3 is 0 Å². The van der Waals surface area contributed by atoms with Crippen LogP contribution in [0.2, 0.25) is 0 Å². The maximum atomic E-state index is 10.9. The number of nitrogens with one attached hydrogen (secondary N) is 2. The summed E-state index contributed by atoms with van der Waals surface area (Å²) < 4.78 is 17.1. The minimum absolute atomic E-state index is 0.399. The van der Waals surface area contributed by atoms with Gasteiger partial charge in [-0.2, -0.15) is 11.8 Å². The summed E-state index contributed by atoms with van der Waals surface area (Å²) in [5.41, 5.74) is 0. The third kappa shape index (κ3) is 12.1. The monoisotopic (exact) mass is 495 g/mol. The van der Waals surface area contributed by atoms with Crippen molar-refractivity contribution in [3.8, 4) is 0 Å². The quantitative estimate of drug-likeness (QED) is 0.182. The lowest BCUT2D eigenvalue weighted by Crippen LogP contribution is -2.30. The van der Waals surface area contributed by atoms with Crippen molar-refractivity contribution < 1.29 is 18.5 Å². The second-order valence-corrected chi connectivity index (χ2v) is 9.46. The molecule has 2 aromatic heterocycles. The lowest BCUT2D eigenvalue weighted by atomic mass is 10.4. The highest BCUT2D eigenvalue weighted by Crippen LogP contribution is 2.16. The first kappa shape index (κ1) is 27.8. The van der Waals surface area contributed by atoms with Gasteiger partial charge in [0.25, 0.3) is 6.20 Å². The van der Waals surface area contributed by atoms with E-state index in [1.165, 1.54) is 0 Å². The van der Waals surface area contributed by atoms with E-state index in [1.54, 1.807) is 11.8 Å². The van der Waals surface area contributed by atoms with Gasteiger partial charge in [0, 0.05) is 25.4 Å². The zero-order valence-electron chi connectivity index (χ0n) is 20.5. The Kier molecular flexibility index (Phi) is 12.6. The molecule has 2 N–H and O–H groups in total. The first-order chi connectivity index (χ1) is 16.3. The number of hydrogen-bond acceptors (Lipinski definition) is 10. The Labute approximate surface area is 205 Å². The third-order valence-corrected chi connectivity index (χ3v) is 5.43. The van der Waals surface area contributed by atoms with Crippen LogP contribution in [0.25, 0.3) is 0 Å². The molecule has 0 bridgehead atoms. The van der Waals surface area contributed by atoms with Crippen molar-refractivity contribution in [1.29, 1.82) is 0 Å². The van der Waals surface area contributed by atoms with Crippen LogP contribution in [-0.2, 0) is 30.2 Å². The fraction of sp³-hybridized carbons (Fsp3) is 0.565. The molecule has 0 aliphatic rings. The molecule has 0 spiro atoms. The SMILES string of the molecule is CN(C)Cc1ccc(COCCCN/C(=C/[N+](=O)[O-])NCCSCc2ccc(CN(C)C)o2)o1. The molecule has 0 aliphatic heterocycles. The van der Waals surface area contributed by atoms with Crippen molar-refractivity contribution in [3.63, 3.8) is 0 Å². The van der Waals surface area contributed by atoms with Crippen molar-refractivity contribution >= 4 is 11.8 Å². The standard InChI is InChI=1S/C23H37N5O5S/c1-26(2)14-19-6-8-21(32-19)17-31-12-5-10-24-23(16-28(29)30)25-11-13-34-18-22-9-7-20(33-22)15-27(3)4/h6-9,16,24-25H,5,10-15,17-18H2,1-4H3/b23-16-. The number of ether oxygens (including phenoxy) is 1. The second kappa shape index (κ2) is 15.4. The van der Waals surface area contributed by atoms with Gasteiger partial charge in [-0.25, -0.2) is 0 Å². The largest absolute Gasteiger partial charge is 0.464 e. The average molecular weight is 496 g/mol. The van der Waals surface area contributed by atoms with Gasteiger partial charge in [-0.1, -0.05) is 0 Å². The molecule has 190 valence electrons. The number of hydrogen-bond donors (Lipinski definition) is 2. The summed E-state index contributed by atoms with van der Waals surface area (Å²) in [5.74, 6) is 5.54. The normalized spacial score (nSPS) is 12.0. The Balaban J connectivity index is 1.58. The van der Waals surface area contributed by atoms with E-state index in [2.05, 4.69) is 15.5 Å². The van der Waals surface area contributed by atoms with Gasteiger partial charge in [0.05, 0.1) is 23.8 Å². The molecule has 0 unspecified atom stereocenters. The number of furan rings is 2. The van der Waals surface area contributed by atoms with Crippen LogP contribution in [-0.4, -0.2) is 68.4 Å². The summed E-state index contributed by atoms with van der Waals surface area (Å²) in [6.45, 7) is 3.63. The minimum atomic E-state index is -0.462. The van der Waals surface area contributed by atoms with E-state index in [0.717, 1.165) is 53.8 Å². The lowest BCUT2D eigenvalue weighted by Gasteiger charge is -2.11. The Bertz CT molecular complexity index is 881. The highest BCUT2D eigenvalue weighted by atomic mass is 32.2. The van der Waals surface area contributed by atoms with Crippen LogP contribution in [0.1, 0.15) is 29.5 Å². The summed E-state index contributed by atoms with van der Waals surface area (Å²) in [6, 6.07) is 7.87. The molecular formula is C23H37N5O5S. The zero-order valence-corrected chi connectivity index (χ0v) is 21.4. The fourth-order valence-electron chi connectivity index (χ4n) is 3.05. The number of rotatable bonds is 18. The van der Waals surface area contributed by atoms with Gasteiger partial charge in [0.2, 0.25) is 0 Å². The van der Waals surface area contributed by atoms with Crippen LogP contribution in [0.4, 0.5) is 0 Å². The summed E-state index contributed by atoms with van der Waals surface area (Å²) >= 11 is 1.71. The van der Waals surface area contributed by atoms with E-state index in [4.69, 9.17) is 13.6 Å². The Morgan fingerprint density at radius 3 is 2.24 bits per heavy atom. The van der Waals surface area contributed by atoms with Gasteiger partial charge in [-0.05, 0) is 58.9 Å². The van der Waals surface area contributed by atoms with Gasteiger partial charge in [-0.15, -0.1) is 0 Å². The predicted octanol–water partition coefficient (Wildman–Crippen LogP) is 3.09. The minimum Gasteiger partial charge on any atom is -0.464 e. The van der Waals surface area contributed by atoms with E-state index in [9.17, 15) is 10.1 Å². The fourth-order valence-corrected chi connectivity index (χ4v) is 3.80. The van der Waals surface area contributed by atoms with Crippen molar-refractivity contribution in [2.45, 2.75) is 31.9 Å². The number of thioether (sulfide) groups is 1. The molecular weight excluding hydrogens is 458 g/mol. The van der Waals surface area contributed by atoms with Crippen LogP contribution < -0.4 is 10.6 Å². The summed E-state index contributed by atoms with van der Waals surface area (Å²) in [4.78, 5) is 14.6. The molecule has 2 rings (SSSR count). The smallest absolute Gasteiger partial charge is 0.274 e. The Morgan fingerprint density at radius 1 is 1.00 bits per heavy atom. The molecule has 2 aromatic rings. The molecule has 10 nitrogen and oxygen atoms in total. The van der Waals surface area contributed by atoms with Crippen LogP contribution in [0.15, 0.2) is 45.1 Å². The maximum Gasteiger partial charge on any atom is 0.274 e. The molecule has 0 aromatic carbocycles. The second-order valence-electron chi connectivity index (χ2n) is 8.35. The Hall–Kier alpha value is -2.47. The topological polar surface area (TPSA) is 109 Å². The average Bonchev–Trinajstić information content (AvgIpc) is 3.38. The van der Waals surface area contributed by atoms with Gasteiger partial charge < -0.3 is 34.0 Å². The van der Waals surface area contributed by atoms with Gasteiger partial charge in [0.15, 0.2) is 5.82 Å². The highest BCUT2D eigenvalue weighted by molar-refractivity contribution is 7.98. The van der Waals surface area contributed by atoms with Crippen molar-refractivity contribution in [1.82, 2.24) is 20.4 Å². The van der Waals surface area contributed by atoms with Crippen LogP contribution >= 0.6 is 11.8 Å². The number of nitro groups is 1. The van der Waals surface area contributed by atoms with E-state index >= 15 is 0 Å². The van der Waals surface area contributed by atoms with Crippen molar-refractivity contribution in [2.24, 2.45) is 0 Å². The van der Waals surface area contributed by atoms with Crippen LogP contribution in [0.5, 0.6) is 0 Å². The molecule has 0 atom stereocenters. The van der Waals surface area contributed by atoms with Gasteiger partial charge in [-0.3, -0.25) is 10.1 Å². The van der Waals surface area contributed by atoms with Crippen LogP contribution in [0, 0.1) is 10.1 Å². The van der Waals surface area contributed by atoms with Crippen molar-refractivity contribution in [3.05, 3.63) is 69.4 Å². The van der Waals surface area contributed by atoms with Crippen LogP contribution in [0.3, 0.4) is 0 Å². The third-order valence-electron chi connectivity index (χ3n) is 4.44. The molecule has 0 amide bonds. The molecule has 0 saturated carbocycles. The van der Waals surface area contributed by atoms with E-state index in [-0.39, 0.29) is 0 Å². The first-order valence-corrected chi connectivity index (χ1v) is 12.4. The molecule has 0 aliphatic carbocycles.